The number of imidazole rings is 1. The first-order valence-corrected chi connectivity index (χ1v) is 24.1. The Morgan fingerprint density at radius 2 is 1.67 bits per heavy atom. The molecule has 67 heavy (non-hydrogen) atoms. The quantitative estimate of drug-likeness (QED) is 0.109. The SMILES string of the molecule is CC[C@H]1OC(=O)[C@H](C)[C@@H](OC(=O)Cc2ccccn2)[C@H](C)[C@@H](O[C@]2(C)O[C@H](C)C[C@H](N(C)CC)[C@H]2O)[C@](C)(OC)C[C@@H](C)C(=O)[C@H](C)[C@H]2N(CCCCn3cnc4ncccc43)C(=O)O[C@]12C. The van der Waals surface area contributed by atoms with E-state index < -0.39 is 89.2 Å². The van der Waals surface area contributed by atoms with Gasteiger partial charge >= 0.3 is 18.0 Å². The third-order valence-electron chi connectivity index (χ3n) is 14.9. The number of carbonyl (C=O) groups excluding carboxylic acids is 4. The van der Waals surface area contributed by atoms with Crippen LogP contribution in [0.5, 0.6) is 0 Å². The molecule has 3 aliphatic rings. The molecule has 3 aliphatic heterocycles. The third kappa shape index (κ3) is 10.9. The molecule has 14 atom stereocenters. The van der Waals surface area contributed by atoms with E-state index in [-0.39, 0.29) is 43.7 Å². The summed E-state index contributed by atoms with van der Waals surface area (Å²) in [4.78, 5) is 74.7. The molecule has 17 heteroatoms. The molecular formula is C50H74N6O11. The minimum absolute atomic E-state index is 0.109. The Bertz CT molecular complexity index is 2180. The van der Waals surface area contributed by atoms with Crippen LogP contribution in [0.3, 0.4) is 0 Å². The van der Waals surface area contributed by atoms with E-state index in [4.69, 9.17) is 28.4 Å². The van der Waals surface area contributed by atoms with Crippen LogP contribution in [-0.2, 0) is 55.8 Å². The van der Waals surface area contributed by atoms with Crippen LogP contribution < -0.4 is 0 Å². The van der Waals surface area contributed by atoms with Gasteiger partial charge in [0.1, 0.15) is 24.1 Å². The van der Waals surface area contributed by atoms with Gasteiger partial charge in [-0.3, -0.25) is 19.4 Å². The molecule has 0 radical (unpaired) electrons. The van der Waals surface area contributed by atoms with Crippen LogP contribution >= 0.6 is 0 Å². The van der Waals surface area contributed by atoms with Crippen molar-refractivity contribution in [3.05, 3.63) is 54.7 Å². The second-order valence-corrected chi connectivity index (χ2v) is 19.7. The van der Waals surface area contributed by atoms with Crippen molar-refractivity contribution in [1.82, 2.24) is 29.3 Å². The van der Waals surface area contributed by atoms with Gasteiger partial charge in [0, 0.05) is 56.4 Å². The molecule has 0 saturated carbocycles. The monoisotopic (exact) mass is 935 g/mol. The van der Waals surface area contributed by atoms with Gasteiger partial charge in [0.15, 0.2) is 17.0 Å². The summed E-state index contributed by atoms with van der Waals surface area (Å²) >= 11 is 0. The topological polar surface area (TPSA) is 194 Å². The van der Waals surface area contributed by atoms with Gasteiger partial charge in [-0.15, -0.1) is 0 Å². The number of esters is 2. The standard InChI is InChI=1S/C50H74N6O11/c1-13-38-49(9)42(56(47(61)67-49)25-18-17-24-55-29-53-45-36(55)21-19-23-52-45)32(5)40(58)30(3)28-48(8,62-12)44(66-50(10)43(59)37(54(11)14-2)26-31(4)65-50)33(6)41(34(7)46(60)63-38)64-39(57)27-35-20-15-16-22-51-35/h15-16,19-23,29-34,37-38,41-44,59H,13-14,17-18,24-28H2,1-12H3/t30-,31-,32+,33+,34-,37+,38-,41+,42-,43-,44-,48-,49-,50+/m1/s1. The van der Waals surface area contributed by atoms with Crippen LogP contribution in [0.15, 0.2) is 49.1 Å². The number of nitrogens with zero attached hydrogens (tertiary/aromatic N) is 6. The molecule has 3 fully saturated rings. The van der Waals surface area contributed by atoms with Crippen molar-refractivity contribution in [3.63, 3.8) is 0 Å². The summed E-state index contributed by atoms with van der Waals surface area (Å²) in [5.74, 6) is -6.51. The van der Waals surface area contributed by atoms with Crippen molar-refractivity contribution in [2.45, 2.75) is 174 Å². The smallest absolute Gasteiger partial charge is 0.410 e. The molecule has 3 saturated heterocycles. The highest BCUT2D eigenvalue weighted by atomic mass is 16.7. The minimum Gasteiger partial charge on any atom is -0.461 e. The number of aryl methyl sites for hydroxylation is 1. The molecular weight excluding hydrogens is 861 g/mol. The molecule has 3 aromatic rings. The normalized spacial score (nSPS) is 35.5. The molecule has 0 bridgehead atoms. The molecule has 17 nitrogen and oxygen atoms in total. The number of aliphatic hydroxyl groups is 1. The van der Waals surface area contributed by atoms with E-state index in [9.17, 15) is 19.5 Å². The number of Topliss-reactive ketones (excluding diaryl/α,β-unsaturated/α-hetero) is 1. The maximum Gasteiger partial charge on any atom is 0.410 e. The number of pyridine rings is 2. The lowest BCUT2D eigenvalue weighted by Crippen LogP contribution is -2.65. The average Bonchev–Trinajstić information content (AvgIpc) is 3.84. The lowest BCUT2D eigenvalue weighted by atomic mass is 9.73. The molecule has 6 rings (SSSR count). The number of hydrogen-bond acceptors (Lipinski definition) is 15. The number of methoxy groups -OCH3 is 1. The molecule has 0 unspecified atom stereocenters. The maximum atomic E-state index is 15.1. The Kier molecular flexibility index (Phi) is 16.6. The third-order valence-corrected chi connectivity index (χ3v) is 14.9. The molecule has 0 aliphatic carbocycles. The number of carbonyl (C=O) groups is 4. The van der Waals surface area contributed by atoms with Crippen molar-refractivity contribution >= 4 is 35.0 Å². The predicted octanol–water partition coefficient (Wildman–Crippen LogP) is 6.18. The van der Waals surface area contributed by atoms with E-state index in [0.717, 1.165) is 5.52 Å². The fourth-order valence-electron chi connectivity index (χ4n) is 11.1. The number of rotatable bonds is 14. The number of ether oxygens (including phenoxy) is 6. The van der Waals surface area contributed by atoms with E-state index in [1.807, 2.05) is 58.4 Å². The van der Waals surface area contributed by atoms with Gasteiger partial charge in [-0.25, -0.2) is 14.8 Å². The van der Waals surface area contributed by atoms with E-state index in [1.165, 1.54) is 7.11 Å². The molecule has 6 heterocycles. The second-order valence-electron chi connectivity index (χ2n) is 19.7. The van der Waals surface area contributed by atoms with E-state index in [1.54, 1.807) is 76.4 Å². The van der Waals surface area contributed by atoms with Crippen LogP contribution in [0.2, 0.25) is 0 Å². The zero-order valence-corrected chi connectivity index (χ0v) is 41.5. The Morgan fingerprint density at radius 1 is 0.955 bits per heavy atom. The number of fused-ring (bicyclic) bond motifs is 2. The van der Waals surface area contributed by atoms with Gasteiger partial charge < -0.3 is 47.9 Å². The number of aliphatic hydroxyl groups excluding tert-OH is 1. The summed E-state index contributed by atoms with van der Waals surface area (Å²) in [5.41, 5.74) is -0.729. The largest absolute Gasteiger partial charge is 0.461 e. The molecule has 3 aromatic heterocycles. The van der Waals surface area contributed by atoms with Crippen LogP contribution in [0.4, 0.5) is 4.79 Å². The van der Waals surface area contributed by atoms with Crippen molar-refractivity contribution in [2.24, 2.45) is 23.7 Å². The molecule has 0 aromatic carbocycles. The van der Waals surface area contributed by atoms with Gasteiger partial charge in [0.05, 0.1) is 53.7 Å². The minimum atomic E-state index is -1.61. The van der Waals surface area contributed by atoms with Crippen LogP contribution in [-0.4, -0.2) is 145 Å². The van der Waals surface area contributed by atoms with Gasteiger partial charge in [-0.2, -0.15) is 0 Å². The first-order valence-electron chi connectivity index (χ1n) is 24.1. The Balaban J connectivity index is 1.39. The zero-order valence-electron chi connectivity index (χ0n) is 41.5. The Hall–Kier alpha value is -4.55. The van der Waals surface area contributed by atoms with Crippen molar-refractivity contribution in [2.75, 3.05) is 27.2 Å². The van der Waals surface area contributed by atoms with Gasteiger partial charge in [-0.05, 0) is 105 Å². The summed E-state index contributed by atoms with van der Waals surface area (Å²) in [6.07, 6.45) is 1.73. The van der Waals surface area contributed by atoms with E-state index >= 15 is 4.79 Å². The van der Waals surface area contributed by atoms with Crippen LogP contribution in [0, 0.1) is 23.7 Å². The Labute approximate surface area is 395 Å². The highest BCUT2D eigenvalue weighted by Crippen LogP contribution is 2.45. The Morgan fingerprint density at radius 3 is 2.34 bits per heavy atom. The first kappa shape index (κ1) is 51.8. The van der Waals surface area contributed by atoms with E-state index in [0.29, 0.717) is 43.7 Å². The molecule has 0 spiro atoms. The van der Waals surface area contributed by atoms with Crippen molar-refractivity contribution < 1.29 is 52.7 Å². The molecule has 1 amide bonds. The van der Waals surface area contributed by atoms with Crippen molar-refractivity contribution in [1.29, 1.82) is 0 Å². The van der Waals surface area contributed by atoms with Crippen LogP contribution in [0.1, 0.15) is 107 Å². The van der Waals surface area contributed by atoms with Gasteiger partial charge in [0.25, 0.3) is 0 Å². The maximum absolute atomic E-state index is 15.1. The summed E-state index contributed by atoms with van der Waals surface area (Å²) in [5, 5.41) is 12.1. The number of ketones is 1. The zero-order chi connectivity index (χ0) is 49.0. The number of unbranched alkanes of at least 4 members (excludes halogenated alkanes) is 1. The summed E-state index contributed by atoms with van der Waals surface area (Å²) < 4.78 is 41.2. The lowest BCUT2D eigenvalue weighted by Gasteiger charge is -2.52. The number of aromatic nitrogens is 4. The lowest BCUT2D eigenvalue weighted by molar-refractivity contribution is -0.359. The number of amides is 1. The highest BCUT2D eigenvalue weighted by Gasteiger charge is 2.61. The first-order chi connectivity index (χ1) is 31.7. The number of hydrogen-bond donors (Lipinski definition) is 1. The highest BCUT2D eigenvalue weighted by molar-refractivity contribution is 5.85. The number of cyclic esters (lactones) is 1. The van der Waals surface area contributed by atoms with Gasteiger partial charge in [0.2, 0.25) is 0 Å². The fraction of sp³-hybridized carbons (Fsp3) is 0.700. The summed E-state index contributed by atoms with van der Waals surface area (Å²) in [6.45, 7) is 19.7. The predicted molar refractivity (Wildman–Crippen MR) is 248 cm³/mol. The molecule has 370 valence electrons. The fourth-order valence-corrected chi connectivity index (χ4v) is 11.1. The second kappa shape index (κ2) is 21.4. The number of likely N-dealkylation sites (N-methyl/N-ethyl adjacent to an activating group) is 1. The summed E-state index contributed by atoms with van der Waals surface area (Å²) in [6, 6.07) is 7.91. The van der Waals surface area contributed by atoms with Gasteiger partial charge in [-0.1, -0.05) is 40.7 Å². The summed E-state index contributed by atoms with van der Waals surface area (Å²) in [7, 11) is 3.47. The van der Waals surface area contributed by atoms with Crippen molar-refractivity contribution in [3.8, 4) is 0 Å². The molecule has 1 N–H and O–H groups in total. The van der Waals surface area contributed by atoms with Crippen LogP contribution in [0.25, 0.3) is 11.2 Å². The average molecular weight is 935 g/mol. The van der Waals surface area contributed by atoms with E-state index in [2.05, 4.69) is 19.9 Å².